The number of nitrogens with one attached hydrogen (secondary N) is 2. The molecule has 1 aliphatic rings. The Kier molecular flexibility index (Phi) is 5.58. The van der Waals surface area contributed by atoms with Gasteiger partial charge < -0.3 is 15.4 Å². The second-order valence-electron chi connectivity index (χ2n) is 5.39. The molecule has 0 atom stereocenters. The molecule has 1 aromatic rings. The summed E-state index contributed by atoms with van der Waals surface area (Å²) in [5.41, 5.74) is 1.84. The first-order valence-corrected chi connectivity index (χ1v) is 8.64. The highest BCUT2D eigenvalue weighted by Crippen LogP contribution is 2.38. The van der Waals surface area contributed by atoms with Crippen LogP contribution in [0.25, 0.3) is 0 Å². The van der Waals surface area contributed by atoms with Crippen molar-refractivity contribution in [3.05, 3.63) is 16.0 Å². The monoisotopic (exact) mass is 326 g/mol. The van der Waals surface area contributed by atoms with E-state index in [0.717, 1.165) is 29.8 Å². The molecule has 0 aromatic carbocycles. The molecule has 0 radical (unpaired) electrons. The van der Waals surface area contributed by atoms with Crippen molar-refractivity contribution >= 4 is 39.6 Å². The highest BCUT2D eigenvalue weighted by atomic mass is 32.1. The maximum absolute atomic E-state index is 12.3. The zero-order valence-electron chi connectivity index (χ0n) is 12.7. The Balaban J connectivity index is 2.28. The summed E-state index contributed by atoms with van der Waals surface area (Å²) >= 11 is 6.93. The second-order valence-corrected chi connectivity index (χ2v) is 6.90. The van der Waals surface area contributed by atoms with Crippen molar-refractivity contribution in [1.82, 2.24) is 5.32 Å². The highest BCUT2D eigenvalue weighted by Gasteiger charge is 2.26. The Labute approximate surface area is 135 Å². The van der Waals surface area contributed by atoms with Crippen LogP contribution in [-0.4, -0.2) is 23.7 Å². The summed E-state index contributed by atoms with van der Waals surface area (Å²) in [6.07, 6.45) is 4.30. The van der Waals surface area contributed by atoms with Gasteiger partial charge in [0.1, 0.15) is 5.00 Å². The van der Waals surface area contributed by atoms with E-state index in [1.165, 1.54) is 11.3 Å². The minimum Gasteiger partial charge on any atom is -0.462 e. The van der Waals surface area contributed by atoms with Crippen LogP contribution in [0.5, 0.6) is 0 Å². The molecule has 0 unspecified atom stereocenters. The smallest absolute Gasteiger partial charge is 0.341 e. The van der Waals surface area contributed by atoms with Gasteiger partial charge in [-0.2, -0.15) is 0 Å². The number of aryl methyl sites for hydroxylation is 1. The van der Waals surface area contributed by atoms with E-state index in [2.05, 4.69) is 10.6 Å². The Hall–Kier alpha value is -1.14. The highest BCUT2D eigenvalue weighted by molar-refractivity contribution is 7.80. The quantitative estimate of drug-likeness (QED) is 0.655. The predicted molar refractivity (Wildman–Crippen MR) is 91.4 cm³/mol. The van der Waals surface area contributed by atoms with Crippen molar-refractivity contribution in [2.75, 3.05) is 11.9 Å². The summed E-state index contributed by atoms with van der Waals surface area (Å²) in [5.74, 6) is -0.244. The molecule has 1 aromatic heterocycles. The van der Waals surface area contributed by atoms with Gasteiger partial charge in [0.05, 0.1) is 12.2 Å². The number of thiocarbonyl (C=S) groups is 1. The molecule has 2 N–H and O–H groups in total. The third-order valence-corrected chi connectivity index (χ3v) is 4.72. The molecule has 6 heteroatoms. The number of carbonyl (C=O) groups is 1. The largest absolute Gasteiger partial charge is 0.462 e. The minimum atomic E-state index is -0.244. The van der Waals surface area contributed by atoms with Crippen molar-refractivity contribution in [1.29, 1.82) is 0 Å². The summed E-state index contributed by atoms with van der Waals surface area (Å²) in [6.45, 7) is 6.27. The first-order valence-electron chi connectivity index (χ1n) is 7.42. The molecule has 0 amide bonds. The van der Waals surface area contributed by atoms with Crippen LogP contribution in [0.1, 0.15) is 54.4 Å². The van der Waals surface area contributed by atoms with Gasteiger partial charge in [0.2, 0.25) is 0 Å². The first-order chi connectivity index (χ1) is 10.0. The third kappa shape index (κ3) is 3.95. The molecular weight excluding hydrogens is 304 g/mol. The van der Waals surface area contributed by atoms with E-state index in [9.17, 15) is 4.79 Å². The number of thiophene rings is 1. The maximum Gasteiger partial charge on any atom is 0.341 e. The summed E-state index contributed by atoms with van der Waals surface area (Å²) < 4.78 is 5.22. The first kappa shape index (κ1) is 16.2. The van der Waals surface area contributed by atoms with Gasteiger partial charge >= 0.3 is 5.97 Å². The Morgan fingerprint density at radius 2 is 2.10 bits per heavy atom. The van der Waals surface area contributed by atoms with Crippen molar-refractivity contribution < 1.29 is 9.53 Å². The number of ether oxygens (including phenoxy) is 1. The van der Waals surface area contributed by atoms with Crippen molar-refractivity contribution in [2.24, 2.45) is 0 Å². The number of esters is 1. The summed E-state index contributed by atoms with van der Waals surface area (Å²) in [6, 6.07) is 0.255. The molecule has 1 aliphatic carbocycles. The molecule has 21 heavy (non-hydrogen) atoms. The molecule has 0 saturated heterocycles. The van der Waals surface area contributed by atoms with Crippen LogP contribution in [-0.2, 0) is 17.6 Å². The van der Waals surface area contributed by atoms with Gasteiger partial charge in [-0.05, 0) is 64.2 Å². The molecule has 0 fully saturated rings. The molecule has 0 saturated carbocycles. The zero-order valence-corrected chi connectivity index (χ0v) is 14.4. The molecule has 116 valence electrons. The van der Waals surface area contributed by atoms with E-state index in [0.29, 0.717) is 17.3 Å². The third-order valence-electron chi connectivity index (χ3n) is 3.30. The second kappa shape index (κ2) is 7.22. The van der Waals surface area contributed by atoms with E-state index in [4.69, 9.17) is 17.0 Å². The average molecular weight is 326 g/mol. The van der Waals surface area contributed by atoms with Gasteiger partial charge in [0, 0.05) is 10.9 Å². The van der Waals surface area contributed by atoms with Crippen LogP contribution in [0.15, 0.2) is 0 Å². The fourth-order valence-electron chi connectivity index (χ4n) is 2.47. The fourth-order valence-corrected chi connectivity index (χ4v) is 4.16. The van der Waals surface area contributed by atoms with Gasteiger partial charge in [-0.15, -0.1) is 11.3 Å². The minimum absolute atomic E-state index is 0.244. The Morgan fingerprint density at radius 1 is 1.38 bits per heavy atom. The van der Waals surface area contributed by atoms with E-state index >= 15 is 0 Å². The Bertz CT molecular complexity index is 538. The Morgan fingerprint density at radius 3 is 2.76 bits per heavy atom. The molecule has 2 rings (SSSR count). The number of fused-ring (bicyclic) bond motifs is 1. The van der Waals surface area contributed by atoms with Gasteiger partial charge in [-0.3, -0.25) is 0 Å². The topological polar surface area (TPSA) is 50.4 Å². The van der Waals surface area contributed by atoms with Crippen molar-refractivity contribution in [3.8, 4) is 0 Å². The van der Waals surface area contributed by atoms with Gasteiger partial charge in [-0.1, -0.05) is 0 Å². The van der Waals surface area contributed by atoms with Crippen molar-refractivity contribution in [3.63, 3.8) is 0 Å². The lowest BCUT2D eigenvalue weighted by Crippen LogP contribution is -2.34. The summed E-state index contributed by atoms with van der Waals surface area (Å²) in [4.78, 5) is 13.6. The normalized spacial score (nSPS) is 13.7. The molecule has 1 heterocycles. The number of anilines is 1. The molecule has 0 bridgehead atoms. The molecule has 4 nitrogen and oxygen atoms in total. The summed E-state index contributed by atoms with van der Waals surface area (Å²) in [5, 5.41) is 7.69. The predicted octanol–water partition coefficient (Wildman–Crippen LogP) is 3.50. The molecule has 0 aliphatic heterocycles. The number of rotatable bonds is 4. The van der Waals surface area contributed by atoms with E-state index in [-0.39, 0.29) is 12.0 Å². The van der Waals surface area contributed by atoms with Gasteiger partial charge in [0.25, 0.3) is 0 Å². The van der Waals surface area contributed by atoms with Crippen LogP contribution in [0.4, 0.5) is 5.00 Å². The van der Waals surface area contributed by atoms with E-state index < -0.39 is 0 Å². The lowest BCUT2D eigenvalue weighted by Gasteiger charge is -2.14. The maximum atomic E-state index is 12.3. The van der Waals surface area contributed by atoms with Crippen LogP contribution in [0.2, 0.25) is 0 Å². The average Bonchev–Trinajstić information content (AvgIpc) is 2.75. The van der Waals surface area contributed by atoms with Crippen LogP contribution in [0.3, 0.4) is 0 Å². The van der Waals surface area contributed by atoms with Gasteiger partial charge in [0.15, 0.2) is 5.11 Å². The van der Waals surface area contributed by atoms with Crippen molar-refractivity contribution in [2.45, 2.75) is 52.5 Å². The number of carbonyl (C=O) groups excluding carboxylic acids is 1. The van der Waals surface area contributed by atoms with E-state index in [1.54, 1.807) is 11.3 Å². The standard InChI is InChI=1S/C15H22N2O2S2/c1-4-19-14(18)12-10-7-5-6-8-11(10)21-13(12)17-15(20)16-9(2)3/h9H,4-8H2,1-3H3,(H2,16,17,20). The van der Waals surface area contributed by atoms with Crippen LogP contribution in [0, 0.1) is 0 Å². The lowest BCUT2D eigenvalue weighted by molar-refractivity contribution is 0.0526. The van der Waals surface area contributed by atoms with Gasteiger partial charge in [-0.25, -0.2) is 4.79 Å². The SMILES string of the molecule is CCOC(=O)c1c(NC(=S)NC(C)C)sc2c1CCCC2. The number of hydrogen-bond acceptors (Lipinski definition) is 4. The van der Waals surface area contributed by atoms with Crippen LogP contribution >= 0.6 is 23.6 Å². The molecule has 0 spiro atoms. The fraction of sp³-hybridized carbons (Fsp3) is 0.600. The summed E-state index contributed by atoms with van der Waals surface area (Å²) in [7, 11) is 0. The van der Waals surface area contributed by atoms with E-state index in [1.807, 2.05) is 20.8 Å². The molecular formula is C15H22N2O2S2. The zero-order chi connectivity index (χ0) is 15.4. The lowest BCUT2D eigenvalue weighted by atomic mass is 9.95. The van der Waals surface area contributed by atoms with Crippen LogP contribution < -0.4 is 10.6 Å². The number of hydrogen-bond donors (Lipinski definition) is 2.